The fourth-order valence-electron chi connectivity index (χ4n) is 8.21. The van der Waals surface area contributed by atoms with E-state index < -0.39 is 0 Å². The van der Waals surface area contributed by atoms with E-state index in [0.717, 1.165) is 50.0 Å². The Morgan fingerprint density at radius 1 is 0.385 bits per heavy atom. The van der Waals surface area contributed by atoms with Crippen molar-refractivity contribution in [2.24, 2.45) is 0 Å². The van der Waals surface area contributed by atoms with Crippen LogP contribution in [0.25, 0.3) is 105 Å². The number of fused-ring (bicyclic) bond motifs is 7. The standard InChI is InChI=1S/C49H30N2O/c1-2-12-32(13-3-1)49-50-43-20-10-11-21-44(43)51(49)36-25-22-31(23-26-36)47-37-16-6-8-18-39(37)48(40-19-9-7-17-38(40)47)35-24-27-45-41(29-35)42-28-33-14-4-5-15-34(33)30-46(42)52-45/h1-30H. The summed E-state index contributed by atoms with van der Waals surface area (Å²) >= 11 is 0. The molecule has 0 aliphatic carbocycles. The summed E-state index contributed by atoms with van der Waals surface area (Å²) in [6.07, 6.45) is 0. The van der Waals surface area contributed by atoms with E-state index in [1.54, 1.807) is 0 Å². The summed E-state index contributed by atoms with van der Waals surface area (Å²) in [7, 11) is 0. The molecule has 9 aromatic carbocycles. The minimum absolute atomic E-state index is 0.903. The van der Waals surface area contributed by atoms with Crippen molar-refractivity contribution in [1.82, 2.24) is 9.55 Å². The highest BCUT2D eigenvalue weighted by molar-refractivity contribution is 6.22. The van der Waals surface area contributed by atoms with Crippen molar-refractivity contribution in [3.05, 3.63) is 182 Å². The van der Waals surface area contributed by atoms with Gasteiger partial charge < -0.3 is 4.42 Å². The van der Waals surface area contributed by atoms with E-state index in [-0.39, 0.29) is 0 Å². The van der Waals surface area contributed by atoms with Gasteiger partial charge in [-0.1, -0.05) is 133 Å². The summed E-state index contributed by atoms with van der Waals surface area (Å²) in [5, 5.41) is 9.58. The second-order valence-corrected chi connectivity index (χ2v) is 13.5. The number of benzene rings is 9. The smallest absolute Gasteiger partial charge is 0.145 e. The van der Waals surface area contributed by atoms with Crippen LogP contribution in [0.5, 0.6) is 0 Å². The molecule has 2 heterocycles. The molecule has 3 heteroatoms. The molecule has 0 radical (unpaired) electrons. The predicted octanol–water partition coefficient (Wildman–Crippen LogP) is 13.4. The highest BCUT2D eigenvalue weighted by Crippen LogP contribution is 2.45. The lowest BCUT2D eigenvalue weighted by Crippen LogP contribution is -1.97. The summed E-state index contributed by atoms with van der Waals surface area (Å²) in [4.78, 5) is 5.06. The van der Waals surface area contributed by atoms with Gasteiger partial charge in [-0.25, -0.2) is 4.98 Å². The second kappa shape index (κ2) is 11.3. The number of rotatable bonds is 4. The van der Waals surface area contributed by atoms with Crippen molar-refractivity contribution in [1.29, 1.82) is 0 Å². The molecule has 0 fully saturated rings. The first-order valence-electron chi connectivity index (χ1n) is 17.7. The topological polar surface area (TPSA) is 31.0 Å². The van der Waals surface area contributed by atoms with Crippen molar-refractivity contribution >= 4 is 65.3 Å². The molecule has 0 aliphatic rings. The molecule has 52 heavy (non-hydrogen) atoms. The van der Waals surface area contributed by atoms with Crippen LogP contribution in [0.2, 0.25) is 0 Å². The van der Waals surface area contributed by atoms with Gasteiger partial charge in [0.15, 0.2) is 0 Å². The Hall–Kier alpha value is -6.97. The molecule has 0 aliphatic heterocycles. The maximum Gasteiger partial charge on any atom is 0.145 e. The average Bonchev–Trinajstić information content (AvgIpc) is 3.77. The summed E-state index contributed by atoms with van der Waals surface area (Å²) in [5.74, 6) is 0.936. The molecular formula is C49H30N2O. The predicted molar refractivity (Wildman–Crippen MR) is 217 cm³/mol. The molecule has 11 aromatic rings. The summed E-state index contributed by atoms with van der Waals surface area (Å²) < 4.78 is 8.66. The molecule has 2 aromatic heterocycles. The van der Waals surface area contributed by atoms with E-state index in [1.165, 1.54) is 54.6 Å². The van der Waals surface area contributed by atoms with Crippen molar-refractivity contribution in [3.63, 3.8) is 0 Å². The van der Waals surface area contributed by atoms with Crippen LogP contribution in [0.1, 0.15) is 0 Å². The van der Waals surface area contributed by atoms with Crippen molar-refractivity contribution in [3.8, 4) is 39.3 Å². The second-order valence-electron chi connectivity index (χ2n) is 13.5. The number of aromatic nitrogens is 2. The van der Waals surface area contributed by atoms with E-state index in [9.17, 15) is 0 Å². The summed E-state index contributed by atoms with van der Waals surface area (Å²) in [6, 6.07) is 65.0. The molecule has 11 rings (SSSR count). The fourth-order valence-corrected chi connectivity index (χ4v) is 8.21. The van der Waals surface area contributed by atoms with Crippen LogP contribution < -0.4 is 0 Å². The van der Waals surface area contributed by atoms with Gasteiger partial charge in [0.2, 0.25) is 0 Å². The Balaban J connectivity index is 1.11. The van der Waals surface area contributed by atoms with E-state index in [0.29, 0.717) is 0 Å². The van der Waals surface area contributed by atoms with Gasteiger partial charge in [0.1, 0.15) is 17.0 Å². The van der Waals surface area contributed by atoms with Crippen LogP contribution in [0.15, 0.2) is 186 Å². The maximum atomic E-state index is 6.39. The maximum absolute atomic E-state index is 6.39. The van der Waals surface area contributed by atoms with Crippen LogP contribution in [0, 0.1) is 0 Å². The Bertz CT molecular complexity index is 3110. The first-order chi connectivity index (χ1) is 25.8. The minimum atomic E-state index is 0.903. The Labute approximate surface area is 299 Å². The lowest BCUT2D eigenvalue weighted by molar-refractivity contribution is 0.669. The van der Waals surface area contributed by atoms with E-state index >= 15 is 0 Å². The normalized spacial score (nSPS) is 11.8. The van der Waals surface area contributed by atoms with Gasteiger partial charge in [-0.2, -0.15) is 0 Å². The number of hydrogen-bond donors (Lipinski definition) is 0. The quantitative estimate of drug-likeness (QED) is 0.176. The third-order valence-electron chi connectivity index (χ3n) is 10.6. The molecule has 0 saturated carbocycles. The fraction of sp³-hybridized carbons (Fsp3) is 0. The lowest BCUT2D eigenvalue weighted by atomic mass is 9.85. The molecule has 0 amide bonds. The van der Waals surface area contributed by atoms with Gasteiger partial charge in [0, 0.05) is 22.0 Å². The molecule has 0 unspecified atom stereocenters. The molecule has 242 valence electrons. The van der Waals surface area contributed by atoms with E-state index in [4.69, 9.17) is 9.40 Å². The Morgan fingerprint density at radius 3 is 1.65 bits per heavy atom. The van der Waals surface area contributed by atoms with Gasteiger partial charge >= 0.3 is 0 Å². The molecule has 0 saturated heterocycles. The monoisotopic (exact) mass is 662 g/mol. The SMILES string of the molecule is c1ccc(-c2nc3ccccc3n2-c2ccc(-c3c4ccccc4c(-c4ccc5oc6cc7ccccc7cc6c5c4)c4ccccc34)cc2)cc1. The van der Waals surface area contributed by atoms with E-state index in [2.05, 4.69) is 180 Å². The van der Waals surface area contributed by atoms with Gasteiger partial charge in [-0.15, -0.1) is 0 Å². The van der Waals surface area contributed by atoms with Crippen LogP contribution in [-0.4, -0.2) is 9.55 Å². The summed E-state index contributed by atoms with van der Waals surface area (Å²) in [6.45, 7) is 0. The number of para-hydroxylation sites is 2. The zero-order valence-electron chi connectivity index (χ0n) is 28.1. The third kappa shape index (κ3) is 4.36. The highest BCUT2D eigenvalue weighted by atomic mass is 16.3. The lowest BCUT2D eigenvalue weighted by Gasteiger charge is -2.18. The van der Waals surface area contributed by atoms with Crippen LogP contribution in [-0.2, 0) is 0 Å². The van der Waals surface area contributed by atoms with Crippen LogP contribution in [0.4, 0.5) is 0 Å². The number of nitrogens with zero attached hydrogens (tertiary/aromatic N) is 2. The van der Waals surface area contributed by atoms with E-state index in [1.807, 2.05) is 6.07 Å². The first-order valence-corrected chi connectivity index (χ1v) is 17.7. The third-order valence-corrected chi connectivity index (χ3v) is 10.6. The van der Waals surface area contributed by atoms with Crippen molar-refractivity contribution in [2.45, 2.75) is 0 Å². The summed E-state index contributed by atoms with van der Waals surface area (Å²) in [5.41, 5.74) is 10.9. The first kappa shape index (κ1) is 28.8. The van der Waals surface area contributed by atoms with Crippen LogP contribution in [0.3, 0.4) is 0 Å². The molecular weight excluding hydrogens is 633 g/mol. The Morgan fingerprint density at radius 2 is 0.942 bits per heavy atom. The zero-order valence-corrected chi connectivity index (χ0v) is 28.1. The van der Waals surface area contributed by atoms with Gasteiger partial charge in [0.25, 0.3) is 0 Å². The molecule has 0 atom stereocenters. The van der Waals surface area contributed by atoms with Gasteiger partial charge in [-0.05, 0) is 103 Å². The zero-order chi connectivity index (χ0) is 34.2. The minimum Gasteiger partial charge on any atom is -0.456 e. The molecule has 3 nitrogen and oxygen atoms in total. The molecule has 0 spiro atoms. The highest BCUT2D eigenvalue weighted by Gasteiger charge is 2.19. The van der Waals surface area contributed by atoms with Crippen LogP contribution >= 0.6 is 0 Å². The van der Waals surface area contributed by atoms with Crippen molar-refractivity contribution < 1.29 is 4.42 Å². The van der Waals surface area contributed by atoms with Gasteiger partial charge in [0.05, 0.1) is 11.0 Å². The van der Waals surface area contributed by atoms with Gasteiger partial charge in [-0.3, -0.25) is 4.57 Å². The van der Waals surface area contributed by atoms with Crippen molar-refractivity contribution in [2.75, 3.05) is 0 Å². The largest absolute Gasteiger partial charge is 0.456 e. The number of imidazole rings is 1. The Kier molecular flexibility index (Phi) is 6.25. The number of furan rings is 1. The molecule has 0 N–H and O–H groups in total. The number of hydrogen-bond acceptors (Lipinski definition) is 2. The molecule has 0 bridgehead atoms. The average molecular weight is 663 g/mol.